The van der Waals surface area contributed by atoms with Crippen LogP contribution in [0.4, 0.5) is 0 Å². The summed E-state index contributed by atoms with van der Waals surface area (Å²) in [4.78, 5) is 12.8. The first kappa shape index (κ1) is 16.6. The Bertz CT molecular complexity index is 685. The summed E-state index contributed by atoms with van der Waals surface area (Å²) >= 11 is 3.37. The average molecular weight is 347 g/mol. The van der Waals surface area contributed by atoms with Crippen molar-refractivity contribution in [2.75, 3.05) is 26.7 Å². The second kappa shape index (κ2) is 7.54. The van der Waals surface area contributed by atoms with Crippen LogP contribution >= 0.6 is 22.7 Å². The van der Waals surface area contributed by atoms with Gasteiger partial charge >= 0.3 is 0 Å². The number of thiazole rings is 1. The molecule has 2 aromatic rings. The van der Waals surface area contributed by atoms with E-state index in [2.05, 4.69) is 40.9 Å². The molecule has 1 aliphatic rings. The van der Waals surface area contributed by atoms with Gasteiger partial charge in [-0.05, 0) is 45.0 Å². The summed E-state index contributed by atoms with van der Waals surface area (Å²) in [6, 6.07) is 6.24. The highest BCUT2D eigenvalue weighted by atomic mass is 32.1. The number of aryl methyl sites for hydroxylation is 1. The lowest BCUT2D eigenvalue weighted by molar-refractivity contribution is 0.256. The molecule has 4 nitrogen and oxygen atoms in total. The summed E-state index contributed by atoms with van der Waals surface area (Å²) in [6.07, 6.45) is 1.27. The van der Waals surface area contributed by atoms with Gasteiger partial charge in [-0.25, -0.2) is 4.98 Å². The second-order valence-corrected chi connectivity index (χ2v) is 8.43. The van der Waals surface area contributed by atoms with Gasteiger partial charge in [0.2, 0.25) is 0 Å². The molecule has 6 heteroatoms. The van der Waals surface area contributed by atoms with Crippen LogP contribution in [0.1, 0.15) is 26.7 Å². The molecule has 0 N–H and O–H groups in total. The highest BCUT2D eigenvalue weighted by Crippen LogP contribution is 2.24. The topological polar surface area (TPSA) is 43.2 Å². The third-order valence-corrected chi connectivity index (χ3v) is 6.24. The molecule has 1 saturated heterocycles. The van der Waals surface area contributed by atoms with Crippen LogP contribution in [0.25, 0.3) is 0 Å². The first-order valence-electron chi connectivity index (χ1n) is 7.92. The van der Waals surface area contributed by atoms with Crippen molar-refractivity contribution in [3.63, 3.8) is 0 Å². The Morgan fingerprint density at radius 2 is 2.35 bits per heavy atom. The molecule has 0 aromatic carbocycles. The molecule has 23 heavy (non-hydrogen) atoms. The second-order valence-electron chi connectivity index (χ2n) is 6.33. The number of aromatic nitrogens is 1. The molecule has 122 valence electrons. The Kier molecular flexibility index (Phi) is 5.44. The van der Waals surface area contributed by atoms with Crippen molar-refractivity contribution < 1.29 is 0 Å². The predicted octanol–water partition coefficient (Wildman–Crippen LogP) is 3.34. The molecule has 0 amide bonds. The maximum absolute atomic E-state index is 8.92. The van der Waals surface area contributed by atoms with Gasteiger partial charge in [-0.15, -0.1) is 22.7 Å². The van der Waals surface area contributed by atoms with Gasteiger partial charge in [0.15, 0.2) is 0 Å². The first-order valence-corrected chi connectivity index (χ1v) is 9.62. The number of hydrogen-bond acceptors (Lipinski definition) is 6. The zero-order valence-electron chi connectivity index (χ0n) is 13.7. The van der Waals surface area contributed by atoms with E-state index in [-0.39, 0.29) is 0 Å². The van der Waals surface area contributed by atoms with Crippen LogP contribution in [-0.2, 0) is 13.1 Å². The fourth-order valence-electron chi connectivity index (χ4n) is 3.18. The molecule has 2 aromatic heterocycles. The monoisotopic (exact) mass is 346 g/mol. The lowest BCUT2D eigenvalue weighted by atomic mass is 10.1. The Hall–Kier alpha value is -1.26. The lowest BCUT2D eigenvalue weighted by Crippen LogP contribution is -2.27. The Labute approximate surface area is 146 Å². The van der Waals surface area contributed by atoms with E-state index in [0.29, 0.717) is 0 Å². The van der Waals surface area contributed by atoms with Gasteiger partial charge in [0, 0.05) is 35.9 Å². The molecule has 0 spiro atoms. The van der Waals surface area contributed by atoms with Crippen LogP contribution in [0.5, 0.6) is 0 Å². The van der Waals surface area contributed by atoms with Gasteiger partial charge in [0.05, 0.1) is 11.2 Å². The summed E-state index contributed by atoms with van der Waals surface area (Å²) in [7, 11) is 2.21. The molecule has 0 aliphatic carbocycles. The summed E-state index contributed by atoms with van der Waals surface area (Å²) in [5, 5.41) is 8.92. The molecule has 0 bridgehead atoms. The van der Waals surface area contributed by atoms with Crippen LogP contribution < -0.4 is 0 Å². The fourth-order valence-corrected chi connectivity index (χ4v) is 4.88. The van der Waals surface area contributed by atoms with E-state index in [1.807, 2.05) is 11.6 Å². The minimum atomic E-state index is 0.739. The Morgan fingerprint density at radius 1 is 1.48 bits per heavy atom. The number of likely N-dealkylation sites (tertiary alicyclic amines) is 1. The number of nitriles is 1. The molecular weight excluding hydrogens is 324 g/mol. The van der Waals surface area contributed by atoms with Crippen molar-refractivity contribution >= 4 is 22.7 Å². The molecule has 1 fully saturated rings. The Balaban J connectivity index is 1.46. The zero-order chi connectivity index (χ0) is 16.2. The van der Waals surface area contributed by atoms with Gasteiger partial charge in [0.25, 0.3) is 0 Å². The van der Waals surface area contributed by atoms with Crippen molar-refractivity contribution in [3.8, 4) is 6.07 Å². The van der Waals surface area contributed by atoms with E-state index < -0.39 is 0 Å². The number of nitrogens with zero attached hydrogens (tertiary/aromatic N) is 4. The van der Waals surface area contributed by atoms with Crippen LogP contribution in [0.2, 0.25) is 0 Å². The van der Waals surface area contributed by atoms with Gasteiger partial charge in [0.1, 0.15) is 10.9 Å². The minimum Gasteiger partial charge on any atom is -0.301 e. The minimum absolute atomic E-state index is 0.739. The molecule has 1 atom stereocenters. The molecular formula is C17H22N4S2. The lowest BCUT2D eigenvalue weighted by Gasteiger charge is -2.21. The van der Waals surface area contributed by atoms with E-state index in [4.69, 9.17) is 5.26 Å². The molecule has 3 heterocycles. The quantitative estimate of drug-likeness (QED) is 0.804. The molecule has 0 radical (unpaired) electrons. The molecule has 1 aliphatic heterocycles. The third kappa shape index (κ3) is 4.39. The van der Waals surface area contributed by atoms with E-state index >= 15 is 0 Å². The fraction of sp³-hybridized carbons (Fsp3) is 0.529. The van der Waals surface area contributed by atoms with E-state index in [0.717, 1.165) is 43.5 Å². The van der Waals surface area contributed by atoms with Crippen molar-refractivity contribution in [2.45, 2.75) is 26.4 Å². The largest absolute Gasteiger partial charge is 0.301 e. The van der Waals surface area contributed by atoms with Crippen LogP contribution in [0.3, 0.4) is 0 Å². The summed E-state index contributed by atoms with van der Waals surface area (Å²) in [5.74, 6) is 0.739. The van der Waals surface area contributed by atoms with E-state index in [1.54, 1.807) is 22.7 Å². The third-order valence-electron chi connectivity index (χ3n) is 4.35. The smallest absolute Gasteiger partial charge is 0.110 e. The van der Waals surface area contributed by atoms with E-state index in [1.165, 1.54) is 21.9 Å². The SMILES string of the molecule is Cc1ncsc1CN(C)CC1CCN(Cc2ccc(C#N)s2)C1. The van der Waals surface area contributed by atoms with Crippen LogP contribution in [-0.4, -0.2) is 41.5 Å². The predicted molar refractivity (Wildman–Crippen MR) is 95.6 cm³/mol. The maximum Gasteiger partial charge on any atom is 0.110 e. The Morgan fingerprint density at radius 3 is 3.04 bits per heavy atom. The average Bonchev–Trinajstić information content (AvgIpc) is 3.23. The van der Waals surface area contributed by atoms with E-state index in [9.17, 15) is 0 Å². The molecule has 0 saturated carbocycles. The van der Waals surface area contributed by atoms with Crippen molar-refractivity contribution in [3.05, 3.63) is 38.0 Å². The van der Waals surface area contributed by atoms with Crippen molar-refractivity contribution in [1.29, 1.82) is 5.26 Å². The highest BCUT2D eigenvalue weighted by molar-refractivity contribution is 7.12. The van der Waals surface area contributed by atoms with Crippen LogP contribution in [0, 0.1) is 24.2 Å². The first-order chi connectivity index (χ1) is 11.1. The van der Waals surface area contributed by atoms with Gasteiger partial charge in [-0.2, -0.15) is 5.26 Å². The van der Waals surface area contributed by atoms with Gasteiger partial charge < -0.3 is 4.90 Å². The summed E-state index contributed by atoms with van der Waals surface area (Å²) in [6.45, 7) is 7.54. The zero-order valence-corrected chi connectivity index (χ0v) is 15.3. The molecule has 1 unspecified atom stereocenters. The van der Waals surface area contributed by atoms with Crippen LogP contribution in [0.15, 0.2) is 17.6 Å². The number of thiophene rings is 1. The summed E-state index contributed by atoms with van der Waals surface area (Å²) in [5.41, 5.74) is 3.10. The maximum atomic E-state index is 8.92. The van der Waals surface area contributed by atoms with Gasteiger partial charge in [-0.3, -0.25) is 4.90 Å². The number of rotatable bonds is 6. The highest BCUT2D eigenvalue weighted by Gasteiger charge is 2.24. The van der Waals surface area contributed by atoms with Crippen molar-refractivity contribution in [2.24, 2.45) is 5.92 Å². The number of hydrogen-bond donors (Lipinski definition) is 0. The summed E-state index contributed by atoms with van der Waals surface area (Å²) < 4.78 is 0. The van der Waals surface area contributed by atoms with Gasteiger partial charge in [-0.1, -0.05) is 0 Å². The van der Waals surface area contributed by atoms with Crippen molar-refractivity contribution in [1.82, 2.24) is 14.8 Å². The normalized spacial score (nSPS) is 18.6. The standard InChI is InChI=1S/C17H22N4S2/c1-13-17(22-12-19-13)11-20(2)8-14-5-6-21(9-14)10-16-4-3-15(7-18)23-16/h3-4,12,14H,5-6,8-11H2,1-2H3. The molecule has 3 rings (SSSR count).